The monoisotopic (exact) mass is 399 g/mol. The van der Waals surface area contributed by atoms with E-state index >= 15 is 0 Å². The summed E-state index contributed by atoms with van der Waals surface area (Å²) in [5.74, 6) is -0.493. The Balaban J connectivity index is 2.17. The molecule has 0 unspecified atom stereocenters. The first kappa shape index (κ1) is 19.9. The van der Waals surface area contributed by atoms with Crippen molar-refractivity contribution >= 4 is 33.1 Å². The molecule has 8 heteroatoms. The first-order valence-electron chi connectivity index (χ1n) is 8.76. The molecule has 0 aliphatic heterocycles. The molecule has 0 fully saturated rings. The number of nitro groups is 1. The number of nitrogens with zero attached hydrogens (tertiary/aromatic N) is 3. The number of hydrogen-bond acceptors (Lipinski definition) is 5. The molecule has 1 amide bonds. The number of amides is 1. The van der Waals surface area contributed by atoms with Gasteiger partial charge in [0.25, 0.3) is 11.6 Å². The second-order valence-corrected chi connectivity index (χ2v) is 7.57. The number of fused-ring (bicyclic) bond motifs is 1. The fourth-order valence-electron chi connectivity index (χ4n) is 3.01. The molecule has 7 nitrogen and oxygen atoms in total. The number of aromatic nitrogens is 1. The molecule has 3 rings (SSSR count). The Bertz CT molecular complexity index is 1140. The summed E-state index contributed by atoms with van der Waals surface area (Å²) >= 11 is 1.42. The molecule has 28 heavy (non-hydrogen) atoms. The highest BCUT2D eigenvalue weighted by atomic mass is 32.1. The van der Waals surface area contributed by atoms with Crippen LogP contribution in [0.5, 0.6) is 0 Å². The van der Waals surface area contributed by atoms with Crippen molar-refractivity contribution in [1.29, 1.82) is 0 Å². The summed E-state index contributed by atoms with van der Waals surface area (Å²) in [7, 11) is 1.62. The topological polar surface area (TPSA) is 86.7 Å². The number of carbonyl (C=O) groups excluding carboxylic acids is 1. The minimum atomic E-state index is -0.493. The van der Waals surface area contributed by atoms with Crippen molar-refractivity contribution < 1.29 is 14.5 Å². The number of methoxy groups -OCH3 is 1. The molecular formula is C20H21N3O4S. The number of aryl methyl sites for hydroxylation is 2. The average molecular weight is 399 g/mol. The summed E-state index contributed by atoms with van der Waals surface area (Å²) in [5, 5.41) is 11.2. The molecule has 0 aliphatic carbocycles. The molecule has 0 N–H and O–H groups in total. The highest BCUT2D eigenvalue weighted by Gasteiger charge is 2.18. The fraction of sp³-hybridized carbons (Fsp3) is 0.300. The molecule has 0 atom stereocenters. The standard InChI is InChI=1S/C20H21N3O4S/c1-12-10-17-18(11-13(12)2)28-20(22(17)8-9-27-4)21-19(24)15-6-5-7-16(14(15)3)23(25)26/h5-7,10-11H,8-9H2,1-4H3. The van der Waals surface area contributed by atoms with Crippen LogP contribution >= 0.6 is 11.3 Å². The molecule has 1 heterocycles. The van der Waals surface area contributed by atoms with Crippen LogP contribution in [0, 0.1) is 30.9 Å². The molecule has 0 radical (unpaired) electrons. The zero-order valence-electron chi connectivity index (χ0n) is 16.2. The first-order chi connectivity index (χ1) is 13.3. The Labute approximate surface area is 166 Å². The van der Waals surface area contributed by atoms with Gasteiger partial charge in [0.2, 0.25) is 0 Å². The fourth-order valence-corrected chi connectivity index (χ4v) is 4.14. The number of carbonyl (C=O) groups is 1. The molecule has 0 spiro atoms. The van der Waals surface area contributed by atoms with Gasteiger partial charge >= 0.3 is 0 Å². The van der Waals surface area contributed by atoms with E-state index in [1.54, 1.807) is 20.1 Å². The Kier molecular flexibility index (Phi) is 5.71. The van der Waals surface area contributed by atoms with Crippen LogP contribution in [0.3, 0.4) is 0 Å². The minimum absolute atomic E-state index is 0.0871. The third-order valence-corrected chi connectivity index (χ3v) is 5.79. The molecule has 1 aromatic heterocycles. The lowest BCUT2D eigenvalue weighted by molar-refractivity contribution is -0.385. The van der Waals surface area contributed by atoms with Crippen LogP contribution in [0.1, 0.15) is 27.0 Å². The lowest BCUT2D eigenvalue weighted by Crippen LogP contribution is -2.19. The third kappa shape index (κ3) is 3.74. The normalized spacial score (nSPS) is 11.9. The van der Waals surface area contributed by atoms with E-state index in [-0.39, 0.29) is 11.3 Å². The van der Waals surface area contributed by atoms with E-state index in [2.05, 4.69) is 17.1 Å². The van der Waals surface area contributed by atoms with E-state index in [0.717, 1.165) is 15.8 Å². The highest BCUT2D eigenvalue weighted by Crippen LogP contribution is 2.23. The number of benzene rings is 2. The smallest absolute Gasteiger partial charge is 0.280 e. The summed E-state index contributed by atoms with van der Waals surface area (Å²) in [5.41, 5.74) is 3.78. The molecular weight excluding hydrogens is 378 g/mol. The van der Waals surface area contributed by atoms with Crippen molar-refractivity contribution in [3.63, 3.8) is 0 Å². The van der Waals surface area contributed by atoms with Crippen LogP contribution in [0.15, 0.2) is 35.3 Å². The van der Waals surface area contributed by atoms with E-state index in [9.17, 15) is 14.9 Å². The van der Waals surface area contributed by atoms with E-state index in [1.165, 1.54) is 29.0 Å². The van der Waals surface area contributed by atoms with Gasteiger partial charge in [-0.3, -0.25) is 14.9 Å². The van der Waals surface area contributed by atoms with Gasteiger partial charge in [0.15, 0.2) is 4.80 Å². The first-order valence-corrected chi connectivity index (χ1v) is 9.57. The third-order valence-electron chi connectivity index (χ3n) is 4.75. The largest absolute Gasteiger partial charge is 0.383 e. The summed E-state index contributed by atoms with van der Waals surface area (Å²) < 4.78 is 8.19. The van der Waals surface area contributed by atoms with Gasteiger partial charge < -0.3 is 9.30 Å². The maximum absolute atomic E-state index is 12.8. The maximum Gasteiger partial charge on any atom is 0.280 e. The van der Waals surface area contributed by atoms with Gasteiger partial charge in [0.1, 0.15) is 0 Å². The van der Waals surface area contributed by atoms with Gasteiger partial charge in [-0.25, -0.2) is 0 Å². The van der Waals surface area contributed by atoms with Gasteiger partial charge in [0.05, 0.1) is 27.3 Å². The SMILES string of the molecule is COCCn1c(=NC(=O)c2cccc([N+](=O)[O-])c2C)sc2cc(C)c(C)cc21. The molecule has 3 aromatic rings. The van der Waals surface area contributed by atoms with Crippen LogP contribution in [0.2, 0.25) is 0 Å². The zero-order valence-corrected chi connectivity index (χ0v) is 17.0. The summed E-state index contributed by atoms with van der Waals surface area (Å²) in [6.07, 6.45) is 0. The van der Waals surface area contributed by atoms with Crippen LogP contribution in [-0.4, -0.2) is 29.1 Å². The number of nitro benzene ring substituents is 1. The van der Waals surface area contributed by atoms with E-state index in [0.29, 0.717) is 23.5 Å². The number of hydrogen-bond donors (Lipinski definition) is 0. The lowest BCUT2D eigenvalue weighted by atomic mass is 10.1. The van der Waals surface area contributed by atoms with Gasteiger partial charge in [-0.1, -0.05) is 17.4 Å². The van der Waals surface area contributed by atoms with Crippen molar-refractivity contribution in [2.45, 2.75) is 27.3 Å². The quantitative estimate of drug-likeness (QED) is 0.480. The lowest BCUT2D eigenvalue weighted by Gasteiger charge is -2.06. The van der Waals surface area contributed by atoms with Crippen molar-refractivity contribution in [3.8, 4) is 0 Å². The van der Waals surface area contributed by atoms with Crippen molar-refractivity contribution in [2.75, 3.05) is 13.7 Å². The van der Waals surface area contributed by atoms with Crippen LogP contribution in [0.4, 0.5) is 5.69 Å². The number of ether oxygens (including phenoxy) is 1. The van der Waals surface area contributed by atoms with Gasteiger partial charge in [-0.15, -0.1) is 0 Å². The predicted octanol–water partition coefficient (Wildman–Crippen LogP) is 3.92. The van der Waals surface area contributed by atoms with Crippen LogP contribution in [0.25, 0.3) is 10.2 Å². The molecule has 0 bridgehead atoms. The van der Waals surface area contributed by atoms with Gasteiger partial charge in [-0.05, 0) is 50.1 Å². The molecule has 146 valence electrons. The van der Waals surface area contributed by atoms with Gasteiger partial charge in [-0.2, -0.15) is 4.99 Å². The summed E-state index contributed by atoms with van der Waals surface area (Å²) in [6, 6.07) is 8.62. The molecule has 0 aliphatic rings. The van der Waals surface area contributed by atoms with Crippen LogP contribution in [-0.2, 0) is 11.3 Å². The zero-order chi connectivity index (χ0) is 20.4. The number of rotatable bonds is 5. The molecule has 0 saturated carbocycles. The van der Waals surface area contributed by atoms with Gasteiger partial charge in [0, 0.05) is 25.3 Å². The van der Waals surface area contributed by atoms with Crippen molar-refractivity contribution in [2.24, 2.45) is 4.99 Å². The highest BCUT2D eigenvalue weighted by molar-refractivity contribution is 7.16. The number of thiazole rings is 1. The van der Waals surface area contributed by atoms with Crippen molar-refractivity contribution in [3.05, 3.63) is 67.5 Å². The second-order valence-electron chi connectivity index (χ2n) is 6.56. The average Bonchev–Trinajstić information content (AvgIpc) is 2.96. The molecule has 2 aromatic carbocycles. The summed E-state index contributed by atoms with van der Waals surface area (Å²) in [4.78, 5) is 28.3. The Morgan fingerprint density at radius 1 is 1.25 bits per heavy atom. The summed E-state index contributed by atoms with van der Waals surface area (Å²) in [6.45, 7) is 6.69. The Morgan fingerprint density at radius 2 is 1.96 bits per heavy atom. The van der Waals surface area contributed by atoms with E-state index in [4.69, 9.17) is 4.74 Å². The maximum atomic E-state index is 12.8. The van der Waals surface area contributed by atoms with Crippen LogP contribution < -0.4 is 4.80 Å². The molecule has 0 saturated heterocycles. The Morgan fingerprint density at radius 3 is 2.64 bits per heavy atom. The van der Waals surface area contributed by atoms with E-state index < -0.39 is 10.8 Å². The second kappa shape index (κ2) is 8.04. The Hall–Kier alpha value is -2.84. The predicted molar refractivity (Wildman–Crippen MR) is 109 cm³/mol. The van der Waals surface area contributed by atoms with Crippen molar-refractivity contribution in [1.82, 2.24) is 4.57 Å². The minimum Gasteiger partial charge on any atom is -0.383 e. The van der Waals surface area contributed by atoms with E-state index in [1.807, 2.05) is 18.4 Å².